The second-order valence-electron chi connectivity index (χ2n) is 4.38. The first-order valence-corrected chi connectivity index (χ1v) is 6.33. The van der Waals surface area contributed by atoms with Crippen molar-refractivity contribution >= 4 is 0 Å². The number of aryl methyl sites for hydroxylation is 1. The highest BCUT2D eigenvalue weighted by Gasteiger charge is 2.15. The number of nitrogens with two attached hydrogens (primary N) is 1. The number of nitrogens with zero attached hydrogens (tertiary/aromatic N) is 3. The normalized spacial score (nSPS) is 12.6. The van der Waals surface area contributed by atoms with Crippen molar-refractivity contribution in [2.75, 3.05) is 0 Å². The Balaban J connectivity index is 2.17. The van der Waals surface area contributed by atoms with Gasteiger partial charge in [0.25, 0.3) is 0 Å². The zero-order valence-corrected chi connectivity index (χ0v) is 10.9. The van der Waals surface area contributed by atoms with Crippen molar-refractivity contribution in [1.82, 2.24) is 20.2 Å². The summed E-state index contributed by atoms with van der Waals surface area (Å²) in [5.74, 6) is 6.14. The SMILES string of the molecule is CCCn1ncnc1CC(NN)c1cccc(F)c1. The summed E-state index contributed by atoms with van der Waals surface area (Å²) in [6, 6.07) is 6.22. The first-order valence-electron chi connectivity index (χ1n) is 6.33. The molecule has 0 aliphatic heterocycles. The van der Waals surface area contributed by atoms with Gasteiger partial charge in [0, 0.05) is 13.0 Å². The van der Waals surface area contributed by atoms with Crippen LogP contribution >= 0.6 is 0 Å². The van der Waals surface area contributed by atoms with E-state index in [9.17, 15) is 4.39 Å². The van der Waals surface area contributed by atoms with Crippen molar-refractivity contribution in [3.8, 4) is 0 Å². The topological polar surface area (TPSA) is 68.8 Å². The molecule has 5 nitrogen and oxygen atoms in total. The largest absolute Gasteiger partial charge is 0.271 e. The van der Waals surface area contributed by atoms with Crippen LogP contribution in [0.15, 0.2) is 30.6 Å². The highest BCUT2D eigenvalue weighted by Crippen LogP contribution is 2.17. The van der Waals surface area contributed by atoms with Crippen LogP contribution in [0.4, 0.5) is 4.39 Å². The molecule has 0 radical (unpaired) electrons. The minimum Gasteiger partial charge on any atom is -0.271 e. The van der Waals surface area contributed by atoms with Gasteiger partial charge in [0.15, 0.2) is 0 Å². The quantitative estimate of drug-likeness (QED) is 0.613. The average molecular weight is 263 g/mol. The second-order valence-corrected chi connectivity index (χ2v) is 4.38. The fourth-order valence-corrected chi connectivity index (χ4v) is 2.02. The lowest BCUT2D eigenvalue weighted by Crippen LogP contribution is -2.30. The van der Waals surface area contributed by atoms with E-state index in [0.717, 1.165) is 24.4 Å². The number of hydrogen-bond donors (Lipinski definition) is 2. The van der Waals surface area contributed by atoms with Gasteiger partial charge in [-0.15, -0.1) is 0 Å². The molecule has 1 atom stereocenters. The van der Waals surface area contributed by atoms with Crippen molar-refractivity contribution in [1.29, 1.82) is 0 Å². The maximum Gasteiger partial charge on any atom is 0.138 e. The van der Waals surface area contributed by atoms with Crippen LogP contribution in [0, 0.1) is 5.82 Å². The lowest BCUT2D eigenvalue weighted by molar-refractivity contribution is 0.496. The van der Waals surface area contributed by atoms with Gasteiger partial charge in [0.1, 0.15) is 18.0 Å². The van der Waals surface area contributed by atoms with E-state index in [2.05, 4.69) is 22.4 Å². The van der Waals surface area contributed by atoms with E-state index in [-0.39, 0.29) is 11.9 Å². The molecule has 0 bridgehead atoms. The average Bonchev–Trinajstić information content (AvgIpc) is 2.84. The van der Waals surface area contributed by atoms with Crippen LogP contribution in [0.1, 0.15) is 30.8 Å². The molecule has 6 heteroatoms. The van der Waals surface area contributed by atoms with Gasteiger partial charge in [-0.2, -0.15) is 5.10 Å². The molecule has 1 aromatic carbocycles. The zero-order valence-electron chi connectivity index (χ0n) is 10.9. The predicted molar refractivity (Wildman–Crippen MR) is 70.5 cm³/mol. The zero-order chi connectivity index (χ0) is 13.7. The lowest BCUT2D eigenvalue weighted by atomic mass is 10.0. The summed E-state index contributed by atoms with van der Waals surface area (Å²) in [5.41, 5.74) is 3.50. The van der Waals surface area contributed by atoms with Gasteiger partial charge < -0.3 is 0 Å². The molecule has 0 aliphatic rings. The molecule has 3 N–H and O–H groups in total. The van der Waals surface area contributed by atoms with Gasteiger partial charge >= 0.3 is 0 Å². The second kappa shape index (κ2) is 6.40. The number of rotatable bonds is 6. The summed E-state index contributed by atoms with van der Waals surface area (Å²) >= 11 is 0. The van der Waals surface area contributed by atoms with Crippen LogP contribution in [0.25, 0.3) is 0 Å². The number of hydrazine groups is 1. The summed E-state index contributed by atoms with van der Waals surface area (Å²) in [6.45, 7) is 2.90. The third-order valence-electron chi connectivity index (χ3n) is 2.97. The number of aromatic nitrogens is 3. The maximum atomic E-state index is 13.2. The Morgan fingerprint density at radius 3 is 3.00 bits per heavy atom. The molecule has 1 unspecified atom stereocenters. The van der Waals surface area contributed by atoms with E-state index >= 15 is 0 Å². The van der Waals surface area contributed by atoms with E-state index in [0.29, 0.717) is 6.42 Å². The third kappa shape index (κ3) is 3.36. The van der Waals surface area contributed by atoms with Crippen molar-refractivity contribution in [3.05, 3.63) is 47.8 Å². The molecule has 0 spiro atoms. The summed E-state index contributed by atoms with van der Waals surface area (Å²) in [5, 5.41) is 4.17. The summed E-state index contributed by atoms with van der Waals surface area (Å²) in [7, 11) is 0. The monoisotopic (exact) mass is 263 g/mol. The summed E-state index contributed by atoms with van der Waals surface area (Å²) in [4.78, 5) is 4.23. The molecule has 2 aromatic rings. The van der Waals surface area contributed by atoms with Gasteiger partial charge in [-0.3, -0.25) is 16.0 Å². The number of nitrogens with one attached hydrogen (secondary N) is 1. The van der Waals surface area contributed by atoms with Crippen molar-refractivity contribution < 1.29 is 4.39 Å². The molecule has 0 aliphatic carbocycles. The molecule has 0 amide bonds. The molecule has 1 heterocycles. The Bertz CT molecular complexity index is 525. The molecule has 1 aromatic heterocycles. The predicted octanol–water partition coefficient (Wildman–Crippen LogP) is 1.57. The third-order valence-corrected chi connectivity index (χ3v) is 2.97. The molecular formula is C13H18FN5. The first-order chi connectivity index (χ1) is 9.24. The van der Waals surface area contributed by atoms with Crippen molar-refractivity contribution in [2.24, 2.45) is 5.84 Å². The van der Waals surface area contributed by atoms with Gasteiger partial charge in [0.2, 0.25) is 0 Å². The Labute approximate surface area is 111 Å². The van der Waals surface area contributed by atoms with Crippen LogP contribution in [0.3, 0.4) is 0 Å². The molecule has 19 heavy (non-hydrogen) atoms. The molecular weight excluding hydrogens is 245 g/mol. The standard InChI is InChI=1S/C13H18FN5/c1-2-6-19-13(16-9-17-19)8-12(18-15)10-4-3-5-11(14)7-10/h3-5,7,9,12,18H,2,6,8,15H2,1H3. The first kappa shape index (κ1) is 13.6. The van der Waals surface area contributed by atoms with Crippen LogP contribution in [-0.2, 0) is 13.0 Å². The fraction of sp³-hybridized carbons (Fsp3) is 0.385. The van der Waals surface area contributed by atoms with E-state index in [1.807, 2.05) is 10.7 Å². The van der Waals surface area contributed by atoms with Gasteiger partial charge in [-0.05, 0) is 24.1 Å². The Morgan fingerprint density at radius 1 is 1.47 bits per heavy atom. The Morgan fingerprint density at radius 2 is 2.32 bits per heavy atom. The Kier molecular flexibility index (Phi) is 4.59. The summed E-state index contributed by atoms with van der Waals surface area (Å²) < 4.78 is 15.1. The van der Waals surface area contributed by atoms with Crippen molar-refractivity contribution in [2.45, 2.75) is 32.4 Å². The smallest absolute Gasteiger partial charge is 0.138 e. The van der Waals surface area contributed by atoms with Gasteiger partial charge in [-0.1, -0.05) is 19.1 Å². The molecule has 0 fully saturated rings. The minimum absolute atomic E-state index is 0.185. The Hall–Kier alpha value is -1.79. The fourth-order valence-electron chi connectivity index (χ4n) is 2.02. The molecule has 102 valence electrons. The van der Waals surface area contributed by atoms with Gasteiger partial charge in [-0.25, -0.2) is 9.37 Å². The molecule has 0 saturated heterocycles. The van der Waals surface area contributed by atoms with E-state index in [1.54, 1.807) is 6.07 Å². The van der Waals surface area contributed by atoms with Crippen LogP contribution in [0.2, 0.25) is 0 Å². The highest BCUT2D eigenvalue weighted by molar-refractivity contribution is 5.21. The number of hydrogen-bond acceptors (Lipinski definition) is 4. The summed E-state index contributed by atoms with van der Waals surface area (Å²) in [6.07, 6.45) is 3.08. The van der Waals surface area contributed by atoms with E-state index < -0.39 is 0 Å². The van der Waals surface area contributed by atoms with Crippen LogP contribution in [-0.4, -0.2) is 14.8 Å². The number of benzene rings is 1. The lowest BCUT2D eigenvalue weighted by Gasteiger charge is -2.16. The molecule has 0 saturated carbocycles. The van der Waals surface area contributed by atoms with Crippen LogP contribution in [0.5, 0.6) is 0 Å². The highest BCUT2D eigenvalue weighted by atomic mass is 19.1. The van der Waals surface area contributed by atoms with E-state index in [4.69, 9.17) is 5.84 Å². The van der Waals surface area contributed by atoms with Gasteiger partial charge in [0.05, 0.1) is 6.04 Å². The van der Waals surface area contributed by atoms with Crippen molar-refractivity contribution in [3.63, 3.8) is 0 Å². The van der Waals surface area contributed by atoms with E-state index in [1.165, 1.54) is 18.5 Å². The number of halogens is 1. The molecule has 2 rings (SSSR count). The minimum atomic E-state index is -0.271. The maximum absolute atomic E-state index is 13.2. The van der Waals surface area contributed by atoms with Crippen LogP contribution < -0.4 is 11.3 Å².